The van der Waals surface area contributed by atoms with E-state index in [1.807, 2.05) is 6.92 Å². The minimum atomic E-state index is -0.432. The van der Waals surface area contributed by atoms with Crippen LogP contribution >= 0.6 is 0 Å². The summed E-state index contributed by atoms with van der Waals surface area (Å²) in [4.78, 5) is 10.5. The number of benzene rings is 1. The Labute approximate surface area is 142 Å². The third-order valence-corrected chi connectivity index (χ3v) is 4.32. The first-order valence-electron chi connectivity index (χ1n) is 7.28. The van der Waals surface area contributed by atoms with Gasteiger partial charge in [0.05, 0.1) is 37.7 Å². The van der Waals surface area contributed by atoms with Gasteiger partial charge in [-0.25, -0.2) is 0 Å². The van der Waals surface area contributed by atoms with Crippen LogP contribution in [0.4, 0.5) is 5.69 Å². The van der Waals surface area contributed by atoms with Crippen LogP contribution in [0, 0.1) is 10.1 Å². The highest BCUT2D eigenvalue weighted by Crippen LogP contribution is 2.33. The van der Waals surface area contributed by atoms with Crippen molar-refractivity contribution in [3.05, 3.63) is 28.3 Å². The molecule has 0 saturated heterocycles. The third kappa shape index (κ3) is 4.33. The predicted molar refractivity (Wildman–Crippen MR) is 81.6 cm³/mol. The highest BCUT2D eigenvalue weighted by Gasteiger charge is 2.31. The van der Waals surface area contributed by atoms with E-state index < -0.39 is 4.92 Å². The highest BCUT2D eigenvalue weighted by atomic mass is 79.9. The van der Waals surface area contributed by atoms with Crippen molar-refractivity contribution in [2.24, 2.45) is 0 Å². The Hall–Kier alpha value is -1.34. The fraction of sp³-hybridized carbons (Fsp3) is 0.600. The molecular formula is C15H25BrN2O4. The molecule has 1 atom stereocenters. The monoisotopic (exact) mass is 376 g/mol. The van der Waals surface area contributed by atoms with Gasteiger partial charge in [0.15, 0.2) is 11.5 Å². The third-order valence-electron chi connectivity index (χ3n) is 4.32. The summed E-state index contributed by atoms with van der Waals surface area (Å²) in [6, 6.07) is 4.40. The molecule has 0 aliphatic heterocycles. The largest absolute Gasteiger partial charge is 1.00 e. The Morgan fingerprint density at radius 1 is 1.18 bits per heavy atom. The van der Waals surface area contributed by atoms with E-state index in [4.69, 9.17) is 9.47 Å². The summed E-state index contributed by atoms with van der Waals surface area (Å²) in [5.74, 6) is 0.922. The van der Waals surface area contributed by atoms with E-state index in [2.05, 4.69) is 20.8 Å². The van der Waals surface area contributed by atoms with Gasteiger partial charge in [0.1, 0.15) is 0 Å². The van der Waals surface area contributed by atoms with E-state index in [9.17, 15) is 10.1 Å². The molecule has 0 N–H and O–H groups in total. The van der Waals surface area contributed by atoms with Crippen LogP contribution in [0.25, 0.3) is 0 Å². The van der Waals surface area contributed by atoms with Crippen molar-refractivity contribution in [3.8, 4) is 11.5 Å². The number of hydrogen-bond donors (Lipinski definition) is 0. The fourth-order valence-electron chi connectivity index (χ4n) is 2.61. The molecule has 0 heterocycles. The summed E-state index contributed by atoms with van der Waals surface area (Å²) in [6.07, 6.45) is -0.110. The van der Waals surface area contributed by atoms with E-state index in [1.54, 1.807) is 6.07 Å². The number of hydrogen-bond acceptors (Lipinski definition) is 4. The second kappa shape index (κ2) is 8.95. The van der Waals surface area contributed by atoms with E-state index in [-0.39, 0.29) is 28.9 Å². The molecule has 0 fully saturated rings. The van der Waals surface area contributed by atoms with Crippen LogP contribution in [0.1, 0.15) is 27.7 Å². The van der Waals surface area contributed by atoms with Gasteiger partial charge in [-0.15, -0.1) is 0 Å². The molecule has 1 rings (SSSR count). The standard InChI is InChI=1S/C15H25N2O4.BrH/c1-6-17(7-2,8-3)12(4)21-15-11-13(16(18)19)9-10-14(15)20-5;/h9-12H,6-8H2,1-5H3;1H/q+1;/p-1. The number of nitro groups is 1. The molecule has 0 bridgehead atoms. The van der Waals surface area contributed by atoms with Crippen LogP contribution in [-0.4, -0.2) is 42.4 Å². The first-order chi connectivity index (χ1) is 9.93. The predicted octanol–water partition coefficient (Wildman–Crippen LogP) is 0.209. The highest BCUT2D eigenvalue weighted by molar-refractivity contribution is 5.48. The number of nitro benzene ring substituents is 1. The molecule has 1 aromatic rings. The SMILES string of the molecule is CC[N+](CC)(CC)C(C)Oc1cc([N+](=O)[O-])ccc1OC.[Br-]. The second-order valence-corrected chi connectivity index (χ2v) is 4.98. The van der Waals surface area contributed by atoms with Crippen molar-refractivity contribution in [2.75, 3.05) is 26.7 Å². The molecule has 22 heavy (non-hydrogen) atoms. The maximum atomic E-state index is 10.9. The van der Waals surface area contributed by atoms with E-state index in [0.29, 0.717) is 11.5 Å². The average Bonchev–Trinajstić information content (AvgIpc) is 2.49. The quantitative estimate of drug-likeness (QED) is 0.281. The molecule has 7 heteroatoms. The van der Waals surface area contributed by atoms with Gasteiger partial charge in [0.25, 0.3) is 5.69 Å². The number of methoxy groups -OCH3 is 1. The lowest BCUT2D eigenvalue weighted by atomic mass is 10.2. The lowest BCUT2D eigenvalue weighted by molar-refractivity contribution is -0.961. The summed E-state index contributed by atoms with van der Waals surface area (Å²) in [6.45, 7) is 11.2. The van der Waals surface area contributed by atoms with Crippen LogP contribution < -0.4 is 26.5 Å². The Kier molecular flexibility index (Phi) is 8.40. The number of quaternary nitrogens is 1. The Balaban J connectivity index is 0.00000441. The number of rotatable bonds is 8. The topological polar surface area (TPSA) is 61.6 Å². The summed E-state index contributed by atoms with van der Waals surface area (Å²) in [7, 11) is 1.53. The number of halogens is 1. The van der Waals surface area contributed by atoms with Gasteiger partial charge in [-0.3, -0.25) is 14.6 Å². The molecule has 0 amide bonds. The molecule has 0 aliphatic carbocycles. The molecule has 0 saturated carbocycles. The lowest BCUT2D eigenvalue weighted by Crippen LogP contribution is -3.00. The Morgan fingerprint density at radius 2 is 1.73 bits per heavy atom. The minimum absolute atomic E-state index is 0. The molecule has 0 aliphatic rings. The first kappa shape index (κ1) is 20.7. The van der Waals surface area contributed by atoms with E-state index in [0.717, 1.165) is 24.1 Å². The maximum absolute atomic E-state index is 10.9. The molecule has 0 spiro atoms. The zero-order valence-corrected chi connectivity index (χ0v) is 15.4. The molecule has 1 aromatic carbocycles. The molecule has 0 radical (unpaired) electrons. The molecule has 1 unspecified atom stereocenters. The Morgan fingerprint density at radius 3 is 2.14 bits per heavy atom. The van der Waals surface area contributed by atoms with Crippen molar-refractivity contribution >= 4 is 5.69 Å². The molecule has 6 nitrogen and oxygen atoms in total. The molecular weight excluding hydrogens is 352 g/mol. The number of nitrogens with zero attached hydrogens (tertiary/aromatic N) is 2. The number of ether oxygens (including phenoxy) is 2. The summed E-state index contributed by atoms with van der Waals surface area (Å²) in [5.41, 5.74) is 0.000551. The first-order valence-corrected chi connectivity index (χ1v) is 7.28. The summed E-state index contributed by atoms with van der Waals surface area (Å²) < 4.78 is 12.0. The molecule has 0 aromatic heterocycles. The van der Waals surface area contributed by atoms with E-state index >= 15 is 0 Å². The zero-order valence-electron chi connectivity index (χ0n) is 13.8. The average molecular weight is 377 g/mol. The zero-order chi connectivity index (χ0) is 16.0. The smallest absolute Gasteiger partial charge is 0.273 e. The normalized spacial score (nSPS) is 12.2. The number of non-ortho nitro benzene ring substituents is 1. The second-order valence-electron chi connectivity index (χ2n) is 4.98. The van der Waals surface area contributed by atoms with Gasteiger partial charge in [-0.2, -0.15) is 0 Å². The van der Waals surface area contributed by atoms with Crippen molar-refractivity contribution in [2.45, 2.75) is 33.9 Å². The van der Waals surface area contributed by atoms with Gasteiger partial charge in [0.2, 0.25) is 6.23 Å². The minimum Gasteiger partial charge on any atom is -1.00 e. The maximum Gasteiger partial charge on any atom is 0.273 e. The van der Waals surface area contributed by atoms with Gasteiger partial charge in [-0.05, 0) is 26.8 Å². The van der Waals surface area contributed by atoms with Gasteiger partial charge >= 0.3 is 0 Å². The molecule has 126 valence electrons. The van der Waals surface area contributed by atoms with Crippen molar-refractivity contribution in [1.82, 2.24) is 0 Å². The van der Waals surface area contributed by atoms with Crippen molar-refractivity contribution < 1.29 is 35.9 Å². The van der Waals surface area contributed by atoms with Gasteiger partial charge in [-0.1, -0.05) is 0 Å². The van der Waals surface area contributed by atoms with Crippen molar-refractivity contribution in [3.63, 3.8) is 0 Å². The summed E-state index contributed by atoms with van der Waals surface area (Å²) >= 11 is 0. The van der Waals surface area contributed by atoms with Crippen LogP contribution in [0.15, 0.2) is 18.2 Å². The Bertz CT molecular complexity index is 484. The lowest BCUT2D eigenvalue weighted by Gasteiger charge is -2.40. The van der Waals surface area contributed by atoms with Crippen LogP contribution in [0.2, 0.25) is 0 Å². The van der Waals surface area contributed by atoms with Crippen molar-refractivity contribution in [1.29, 1.82) is 0 Å². The van der Waals surface area contributed by atoms with Gasteiger partial charge in [0, 0.05) is 13.0 Å². The summed E-state index contributed by atoms with van der Waals surface area (Å²) in [5, 5.41) is 10.9. The van der Waals surface area contributed by atoms with E-state index in [1.165, 1.54) is 19.2 Å². The van der Waals surface area contributed by atoms with Crippen LogP contribution in [-0.2, 0) is 0 Å². The van der Waals surface area contributed by atoms with Crippen LogP contribution in [0.3, 0.4) is 0 Å². The fourth-order valence-corrected chi connectivity index (χ4v) is 2.61. The van der Waals surface area contributed by atoms with Gasteiger partial charge < -0.3 is 26.5 Å². The van der Waals surface area contributed by atoms with Crippen LogP contribution in [0.5, 0.6) is 11.5 Å².